The van der Waals surface area contributed by atoms with Crippen molar-refractivity contribution < 1.29 is 36.0 Å². The van der Waals surface area contributed by atoms with Gasteiger partial charge in [0.05, 0.1) is 0 Å². The second-order valence-electron chi connectivity index (χ2n) is 9.80. The Bertz CT molecular complexity index is 1440. The minimum absolute atomic E-state index is 0.0474. The van der Waals surface area contributed by atoms with Gasteiger partial charge in [0.15, 0.2) is 17.8 Å². The van der Waals surface area contributed by atoms with E-state index in [0.29, 0.717) is 34.7 Å². The van der Waals surface area contributed by atoms with Crippen LogP contribution in [0.5, 0.6) is 0 Å². The minimum Gasteiger partial charge on any atom is -0.327 e. The molecule has 0 saturated carbocycles. The number of aromatic nitrogens is 2. The van der Waals surface area contributed by atoms with Gasteiger partial charge >= 0.3 is 24.0 Å². The molecule has 3 unspecified atom stereocenters. The Hall–Kier alpha value is -3.24. The van der Waals surface area contributed by atoms with Gasteiger partial charge in [0, 0.05) is 37.7 Å². The Kier molecular flexibility index (Phi) is 7.07. The Morgan fingerprint density at radius 1 is 1.12 bits per heavy atom. The van der Waals surface area contributed by atoms with Gasteiger partial charge in [-0.15, -0.1) is 5.06 Å². The van der Waals surface area contributed by atoms with Gasteiger partial charge in [-0.25, -0.2) is 9.59 Å². The lowest BCUT2D eigenvalue weighted by molar-refractivity contribution is -0.203. The van der Waals surface area contributed by atoms with Crippen molar-refractivity contribution in [1.29, 1.82) is 0 Å². The summed E-state index contributed by atoms with van der Waals surface area (Å²) < 4.78 is 81.8. The molecule has 17 heteroatoms. The Labute approximate surface area is 227 Å². The maximum atomic E-state index is 13.7. The molecule has 0 amide bonds. The van der Waals surface area contributed by atoms with Crippen LogP contribution in [0.2, 0.25) is 5.02 Å². The van der Waals surface area contributed by atoms with Crippen molar-refractivity contribution in [2.24, 2.45) is 13.0 Å². The number of benzene rings is 1. The van der Waals surface area contributed by atoms with Crippen LogP contribution in [0, 0.1) is 5.92 Å². The van der Waals surface area contributed by atoms with Gasteiger partial charge in [-0.1, -0.05) is 29.8 Å². The first-order chi connectivity index (χ1) is 18.7. The first-order valence-corrected chi connectivity index (χ1v) is 12.5. The summed E-state index contributed by atoms with van der Waals surface area (Å²) in [6.07, 6.45) is -11.5. The number of hydroxylamine groups is 1. The van der Waals surface area contributed by atoms with E-state index in [9.17, 15) is 40.7 Å². The van der Waals surface area contributed by atoms with E-state index in [0.717, 1.165) is 7.05 Å². The lowest BCUT2D eigenvalue weighted by Gasteiger charge is -2.40. The normalized spacial score (nSPS) is 23.1. The first kappa shape index (κ1) is 28.3. The molecular formula is C23H23ClF6N6O4. The number of nitrogens with zero attached hydrogens (tertiary/aromatic N) is 5. The summed E-state index contributed by atoms with van der Waals surface area (Å²) in [5.41, 5.74) is -2.68. The molecule has 0 spiro atoms. The van der Waals surface area contributed by atoms with E-state index in [4.69, 9.17) is 16.4 Å². The van der Waals surface area contributed by atoms with Crippen LogP contribution in [0.25, 0.3) is 0 Å². The van der Waals surface area contributed by atoms with Crippen molar-refractivity contribution in [3.63, 3.8) is 0 Å². The third kappa shape index (κ3) is 4.92. The van der Waals surface area contributed by atoms with Crippen LogP contribution in [-0.2, 0) is 29.8 Å². The van der Waals surface area contributed by atoms with Gasteiger partial charge in [-0.3, -0.25) is 18.8 Å². The maximum absolute atomic E-state index is 13.7. The molecule has 2 saturated heterocycles. The van der Waals surface area contributed by atoms with Crippen molar-refractivity contribution in [3.8, 4) is 0 Å². The number of halogens is 7. The van der Waals surface area contributed by atoms with E-state index in [2.05, 4.69) is 5.32 Å². The highest BCUT2D eigenvalue weighted by Crippen LogP contribution is 2.44. The molecule has 0 aliphatic carbocycles. The fourth-order valence-electron chi connectivity index (χ4n) is 5.57. The predicted molar refractivity (Wildman–Crippen MR) is 130 cm³/mol. The zero-order valence-corrected chi connectivity index (χ0v) is 21.6. The number of alkyl halides is 6. The molecule has 3 atom stereocenters. The molecule has 40 heavy (non-hydrogen) atoms. The topological polar surface area (TPSA) is 92.0 Å². The van der Waals surface area contributed by atoms with Crippen LogP contribution in [0.1, 0.15) is 12.0 Å². The molecule has 3 aliphatic rings. The summed E-state index contributed by atoms with van der Waals surface area (Å²) in [7, 11) is 0.956. The van der Waals surface area contributed by atoms with E-state index < -0.39 is 53.9 Å². The van der Waals surface area contributed by atoms with Gasteiger partial charge in [0.1, 0.15) is 6.54 Å². The van der Waals surface area contributed by atoms with E-state index in [-0.39, 0.29) is 34.6 Å². The zero-order valence-electron chi connectivity index (χ0n) is 20.8. The summed E-state index contributed by atoms with van der Waals surface area (Å²) in [5, 5.41) is 3.70. The van der Waals surface area contributed by atoms with Crippen LogP contribution in [0.3, 0.4) is 0 Å². The molecule has 0 bridgehead atoms. The molecule has 10 nitrogen and oxygen atoms in total. The zero-order chi connectivity index (χ0) is 29.1. The maximum Gasteiger partial charge on any atom is 0.493 e. The highest BCUT2D eigenvalue weighted by atomic mass is 35.5. The van der Waals surface area contributed by atoms with Crippen molar-refractivity contribution in [3.05, 3.63) is 55.7 Å². The smallest absolute Gasteiger partial charge is 0.327 e. The van der Waals surface area contributed by atoms with Crippen molar-refractivity contribution >= 4 is 29.1 Å². The highest BCUT2D eigenvalue weighted by Gasteiger charge is 2.54. The van der Waals surface area contributed by atoms with Crippen LogP contribution >= 0.6 is 11.6 Å². The number of carbonyl (C=O) groups is 1. The van der Waals surface area contributed by atoms with Gasteiger partial charge in [-0.2, -0.15) is 26.3 Å². The molecule has 2 fully saturated rings. The summed E-state index contributed by atoms with van der Waals surface area (Å²) in [4.78, 5) is 46.2. The monoisotopic (exact) mass is 596 g/mol. The predicted octanol–water partition coefficient (Wildman–Crippen LogP) is 2.19. The van der Waals surface area contributed by atoms with Gasteiger partial charge in [-0.05, 0) is 30.5 Å². The van der Waals surface area contributed by atoms with Gasteiger partial charge < -0.3 is 15.1 Å². The fraction of sp³-hybridized carbons (Fsp3) is 0.522. The molecule has 3 aliphatic heterocycles. The third-order valence-corrected chi connectivity index (χ3v) is 7.68. The quantitative estimate of drug-likeness (QED) is 0.526. The van der Waals surface area contributed by atoms with Crippen LogP contribution < -0.4 is 26.5 Å². The summed E-state index contributed by atoms with van der Waals surface area (Å²) in [5.74, 6) is -3.59. The Balaban J connectivity index is 1.77. The molecular weight excluding hydrogens is 574 g/mol. The highest BCUT2D eigenvalue weighted by molar-refractivity contribution is 6.31. The van der Waals surface area contributed by atoms with E-state index in [1.807, 2.05) is 0 Å². The summed E-state index contributed by atoms with van der Waals surface area (Å²) >= 11 is 6.34. The molecule has 1 aromatic carbocycles. The van der Waals surface area contributed by atoms with Crippen LogP contribution in [0.4, 0.5) is 37.8 Å². The van der Waals surface area contributed by atoms with Gasteiger partial charge in [0.2, 0.25) is 0 Å². The molecule has 218 valence electrons. The standard InChI is InChI=1S/C23H23ClF6N6O4/c1-32-18(37)16-17(35(21(32)39)11-22(25,26)27)36(40-19(38)23(28,29)30)20(33-7-6-12-8-31-9-15(12)33)34(16)10-13-4-2-3-5-14(13)24/h2-5,12,15,20,31H,6-11H2,1H3. The second-order valence-corrected chi connectivity index (χ2v) is 10.2. The van der Waals surface area contributed by atoms with Crippen molar-refractivity contribution in [2.75, 3.05) is 29.6 Å². The average molecular weight is 597 g/mol. The number of hydrogen-bond donors (Lipinski definition) is 1. The van der Waals surface area contributed by atoms with Gasteiger partial charge in [0.25, 0.3) is 5.56 Å². The minimum atomic E-state index is -5.53. The number of carbonyl (C=O) groups excluding carboxylic acids is 1. The molecule has 4 heterocycles. The second kappa shape index (κ2) is 9.99. The Morgan fingerprint density at radius 3 is 2.48 bits per heavy atom. The number of anilines is 2. The summed E-state index contributed by atoms with van der Waals surface area (Å²) in [6.45, 7) is -0.973. The third-order valence-electron chi connectivity index (χ3n) is 7.31. The number of fused-ring (bicyclic) bond motifs is 2. The molecule has 2 aromatic rings. The summed E-state index contributed by atoms with van der Waals surface area (Å²) in [6, 6.07) is 6.02. The SMILES string of the molecule is Cn1c(=O)c2c(n(CC(F)(F)F)c1=O)N(OC(=O)C(F)(F)F)C(N1CCC3CNCC31)N2Cc1ccccc1Cl. The first-order valence-electron chi connectivity index (χ1n) is 12.1. The molecule has 1 aromatic heterocycles. The van der Waals surface area contributed by atoms with Crippen molar-refractivity contribution in [2.45, 2.75) is 44.2 Å². The number of hydrogen-bond acceptors (Lipinski definition) is 8. The largest absolute Gasteiger partial charge is 0.493 e. The number of likely N-dealkylation sites (tertiary alicyclic amines) is 1. The van der Waals surface area contributed by atoms with E-state index in [1.54, 1.807) is 23.1 Å². The molecule has 5 rings (SSSR count). The van der Waals surface area contributed by atoms with Crippen molar-refractivity contribution in [1.82, 2.24) is 19.4 Å². The molecule has 1 N–H and O–H groups in total. The van der Waals surface area contributed by atoms with Crippen LogP contribution in [-0.4, -0.2) is 64.3 Å². The lowest BCUT2D eigenvalue weighted by atomic mass is 10.1. The fourth-order valence-corrected chi connectivity index (χ4v) is 5.77. The van der Waals surface area contributed by atoms with E-state index in [1.165, 1.54) is 11.0 Å². The number of rotatable bonds is 5. The van der Waals surface area contributed by atoms with E-state index >= 15 is 0 Å². The number of nitrogens with one attached hydrogen (secondary N) is 1. The Morgan fingerprint density at radius 2 is 1.82 bits per heavy atom. The van der Waals surface area contributed by atoms with Crippen LogP contribution in [0.15, 0.2) is 33.9 Å². The lowest BCUT2D eigenvalue weighted by Crippen LogP contribution is -2.59. The molecule has 0 radical (unpaired) electrons. The average Bonchev–Trinajstić information content (AvgIpc) is 3.55.